The Balaban J connectivity index is 1.96. The van der Waals surface area contributed by atoms with Gasteiger partial charge in [0.25, 0.3) is 0 Å². The molecule has 2 rings (SSSR count). The summed E-state index contributed by atoms with van der Waals surface area (Å²) in [5.41, 5.74) is 2.51. The van der Waals surface area contributed by atoms with Crippen LogP contribution in [0.1, 0.15) is 24.0 Å². The molecule has 2 nitrogen and oxygen atoms in total. The molecule has 1 aromatic rings. The molecule has 88 valence electrons. The predicted octanol–water partition coefficient (Wildman–Crippen LogP) is 2.33. The summed E-state index contributed by atoms with van der Waals surface area (Å²) in [6, 6.07) is 8.27. The van der Waals surface area contributed by atoms with Crippen LogP contribution in [0.25, 0.3) is 0 Å². The zero-order valence-electron chi connectivity index (χ0n) is 9.86. The van der Waals surface area contributed by atoms with Crippen LogP contribution in [0.2, 0.25) is 0 Å². The van der Waals surface area contributed by atoms with Crippen LogP contribution in [-0.4, -0.2) is 24.4 Å². The van der Waals surface area contributed by atoms with Crippen LogP contribution in [0.4, 0.5) is 0 Å². The standard InChI is InChI=1S/C14H20O2/c1-11-5-2-3-6-12(11)9-14(15)13-7-4-8-16-10-13/h2-3,5-6,13-15H,4,7-10H2,1H3. The average molecular weight is 220 g/mol. The first-order chi connectivity index (χ1) is 7.77. The van der Waals surface area contributed by atoms with Crippen LogP contribution in [0.3, 0.4) is 0 Å². The monoisotopic (exact) mass is 220 g/mol. The Morgan fingerprint density at radius 1 is 1.44 bits per heavy atom. The fourth-order valence-corrected chi connectivity index (χ4v) is 2.30. The number of hydrogen-bond donors (Lipinski definition) is 1. The molecule has 1 aliphatic rings. The van der Waals surface area contributed by atoms with E-state index in [0.29, 0.717) is 12.5 Å². The second-order valence-electron chi connectivity index (χ2n) is 4.68. The lowest BCUT2D eigenvalue weighted by Gasteiger charge is -2.27. The zero-order chi connectivity index (χ0) is 11.4. The summed E-state index contributed by atoms with van der Waals surface area (Å²) >= 11 is 0. The quantitative estimate of drug-likeness (QED) is 0.847. The van der Waals surface area contributed by atoms with Crippen LogP contribution in [0.5, 0.6) is 0 Å². The smallest absolute Gasteiger partial charge is 0.0630 e. The van der Waals surface area contributed by atoms with E-state index in [1.807, 2.05) is 12.1 Å². The Kier molecular flexibility index (Phi) is 3.97. The number of rotatable bonds is 3. The van der Waals surface area contributed by atoms with Crippen LogP contribution in [0, 0.1) is 12.8 Å². The van der Waals surface area contributed by atoms with E-state index in [1.54, 1.807) is 0 Å². The lowest BCUT2D eigenvalue weighted by atomic mass is 9.90. The molecular weight excluding hydrogens is 200 g/mol. The molecule has 1 fully saturated rings. The van der Waals surface area contributed by atoms with Crippen molar-refractivity contribution in [1.29, 1.82) is 0 Å². The minimum absolute atomic E-state index is 0.263. The van der Waals surface area contributed by atoms with Crippen LogP contribution in [-0.2, 0) is 11.2 Å². The van der Waals surface area contributed by atoms with Crippen molar-refractivity contribution in [2.75, 3.05) is 13.2 Å². The molecule has 1 heterocycles. The highest BCUT2D eigenvalue weighted by Crippen LogP contribution is 2.21. The van der Waals surface area contributed by atoms with Crippen molar-refractivity contribution >= 4 is 0 Å². The molecule has 1 N–H and O–H groups in total. The summed E-state index contributed by atoms with van der Waals surface area (Å²) in [5, 5.41) is 10.2. The van der Waals surface area contributed by atoms with Gasteiger partial charge in [-0.05, 0) is 37.3 Å². The number of ether oxygens (including phenoxy) is 1. The van der Waals surface area contributed by atoms with Gasteiger partial charge in [0.1, 0.15) is 0 Å². The molecule has 0 spiro atoms. The number of aliphatic hydroxyl groups is 1. The van der Waals surface area contributed by atoms with Gasteiger partial charge in [-0.2, -0.15) is 0 Å². The molecule has 1 saturated heterocycles. The molecule has 2 heteroatoms. The lowest BCUT2D eigenvalue weighted by Crippen LogP contribution is -2.30. The highest BCUT2D eigenvalue weighted by atomic mass is 16.5. The van der Waals surface area contributed by atoms with Crippen molar-refractivity contribution < 1.29 is 9.84 Å². The van der Waals surface area contributed by atoms with Gasteiger partial charge in [0.2, 0.25) is 0 Å². The van der Waals surface area contributed by atoms with Gasteiger partial charge in [-0.15, -0.1) is 0 Å². The van der Waals surface area contributed by atoms with E-state index < -0.39 is 0 Å². The predicted molar refractivity (Wildman–Crippen MR) is 64.4 cm³/mol. The van der Waals surface area contributed by atoms with E-state index >= 15 is 0 Å². The fraction of sp³-hybridized carbons (Fsp3) is 0.571. The van der Waals surface area contributed by atoms with Crippen molar-refractivity contribution in [2.24, 2.45) is 5.92 Å². The van der Waals surface area contributed by atoms with Crippen molar-refractivity contribution in [3.8, 4) is 0 Å². The molecule has 0 saturated carbocycles. The summed E-state index contributed by atoms with van der Waals surface area (Å²) in [4.78, 5) is 0. The van der Waals surface area contributed by atoms with Crippen molar-refractivity contribution in [1.82, 2.24) is 0 Å². The Hall–Kier alpha value is -0.860. The Morgan fingerprint density at radius 3 is 2.94 bits per heavy atom. The van der Waals surface area contributed by atoms with E-state index in [0.717, 1.165) is 25.9 Å². The van der Waals surface area contributed by atoms with E-state index in [9.17, 15) is 5.11 Å². The van der Waals surface area contributed by atoms with Gasteiger partial charge in [0, 0.05) is 12.5 Å². The Bertz CT molecular complexity index is 329. The first kappa shape index (κ1) is 11.6. The largest absolute Gasteiger partial charge is 0.392 e. The number of aliphatic hydroxyl groups excluding tert-OH is 1. The van der Waals surface area contributed by atoms with Crippen molar-refractivity contribution in [3.05, 3.63) is 35.4 Å². The third-order valence-corrected chi connectivity index (χ3v) is 3.43. The van der Waals surface area contributed by atoms with Crippen molar-refractivity contribution in [2.45, 2.75) is 32.3 Å². The summed E-state index contributed by atoms with van der Waals surface area (Å²) in [6.07, 6.45) is 2.66. The van der Waals surface area contributed by atoms with Crippen molar-refractivity contribution in [3.63, 3.8) is 0 Å². The summed E-state index contributed by atoms with van der Waals surface area (Å²) in [7, 11) is 0. The van der Waals surface area contributed by atoms with E-state index in [2.05, 4.69) is 19.1 Å². The Morgan fingerprint density at radius 2 is 2.25 bits per heavy atom. The molecule has 0 bridgehead atoms. The molecular formula is C14H20O2. The summed E-state index contributed by atoms with van der Waals surface area (Å²) in [5.74, 6) is 0.313. The second-order valence-corrected chi connectivity index (χ2v) is 4.68. The molecule has 0 aromatic heterocycles. The van der Waals surface area contributed by atoms with Crippen LogP contribution >= 0.6 is 0 Å². The van der Waals surface area contributed by atoms with Crippen LogP contribution in [0.15, 0.2) is 24.3 Å². The van der Waals surface area contributed by atoms with E-state index in [1.165, 1.54) is 11.1 Å². The molecule has 1 aliphatic heterocycles. The maximum absolute atomic E-state index is 10.2. The Labute approximate surface area is 97.3 Å². The van der Waals surface area contributed by atoms with Gasteiger partial charge >= 0.3 is 0 Å². The molecule has 16 heavy (non-hydrogen) atoms. The van der Waals surface area contributed by atoms with Crippen LogP contribution < -0.4 is 0 Å². The fourth-order valence-electron chi connectivity index (χ4n) is 2.30. The number of benzene rings is 1. The third-order valence-electron chi connectivity index (χ3n) is 3.43. The molecule has 0 radical (unpaired) electrons. The van der Waals surface area contributed by atoms with Gasteiger partial charge in [-0.1, -0.05) is 24.3 Å². The lowest BCUT2D eigenvalue weighted by molar-refractivity contribution is -0.00851. The molecule has 1 aromatic carbocycles. The number of aryl methyl sites for hydroxylation is 1. The third kappa shape index (κ3) is 2.83. The maximum Gasteiger partial charge on any atom is 0.0630 e. The normalized spacial score (nSPS) is 23.0. The minimum Gasteiger partial charge on any atom is -0.392 e. The highest BCUT2D eigenvalue weighted by Gasteiger charge is 2.22. The molecule has 0 aliphatic carbocycles. The van der Waals surface area contributed by atoms with E-state index in [4.69, 9.17) is 4.74 Å². The minimum atomic E-state index is -0.263. The van der Waals surface area contributed by atoms with Gasteiger partial charge in [-0.3, -0.25) is 0 Å². The van der Waals surface area contributed by atoms with Gasteiger partial charge in [0.05, 0.1) is 12.7 Å². The highest BCUT2D eigenvalue weighted by molar-refractivity contribution is 5.26. The first-order valence-electron chi connectivity index (χ1n) is 6.07. The van der Waals surface area contributed by atoms with E-state index in [-0.39, 0.29) is 6.10 Å². The first-order valence-corrected chi connectivity index (χ1v) is 6.07. The maximum atomic E-state index is 10.2. The molecule has 0 amide bonds. The number of hydrogen-bond acceptors (Lipinski definition) is 2. The zero-order valence-corrected chi connectivity index (χ0v) is 9.86. The SMILES string of the molecule is Cc1ccccc1CC(O)C1CCCOC1. The molecule has 2 unspecified atom stereocenters. The summed E-state index contributed by atoms with van der Waals surface area (Å²) < 4.78 is 5.41. The summed E-state index contributed by atoms with van der Waals surface area (Å²) in [6.45, 7) is 3.67. The molecule has 2 atom stereocenters. The average Bonchev–Trinajstić information content (AvgIpc) is 2.33. The van der Waals surface area contributed by atoms with Gasteiger partial charge in [-0.25, -0.2) is 0 Å². The second kappa shape index (κ2) is 5.46. The van der Waals surface area contributed by atoms with Gasteiger partial charge < -0.3 is 9.84 Å². The topological polar surface area (TPSA) is 29.5 Å². The van der Waals surface area contributed by atoms with Gasteiger partial charge in [0.15, 0.2) is 0 Å².